The molecule has 1 amide bonds. The Balaban J connectivity index is 1.67. The molecule has 120 valence electrons. The fourth-order valence-corrected chi connectivity index (χ4v) is 2.85. The standard InChI is InChI=1S/C18H22N4O/c1-2-13-7-9-15(10-8-13)21-17-11-16(19-12-20-17)18(23)22-14-5-3-4-6-14/h7-12,14H,2-6H2,1H3,(H,22,23)(H,19,20,21). The number of hydrogen-bond acceptors (Lipinski definition) is 4. The molecule has 0 aliphatic heterocycles. The van der Waals surface area contributed by atoms with Crippen molar-refractivity contribution >= 4 is 17.4 Å². The van der Waals surface area contributed by atoms with Gasteiger partial charge < -0.3 is 10.6 Å². The number of carbonyl (C=O) groups excluding carboxylic acids is 1. The first-order chi connectivity index (χ1) is 11.2. The normalized spacial score (nSPS) is 14.7. The Hall–Kier alpha value is -2.43. The molecule has 1 aromatic carbocycles. The molecular weight excluding hydrogens is 288 g/mol. The monoisotopic (exact) mass is 310 g/mol. The summed E-state index contributed by atoms with van der Waals surface area (Å²) in [5.41, 5.74) is 2.64. The third-order valence-electron chi connectivity index (χ3n) is 4.22. The van der Waals surface area contributed by atoms with Crippen LogP contribution in [0, 0.1) is 0 Å². The maximum absolute atomic E-state index is 12.3. The van der Waals surface area contributed by atoms with Crippen LogP contribution in [0.15, 0.2) is 36.7 Å². The number of nitrogens with one attached hydrogen (secondary N) is 2. The lowest BCUT2D eigenvalue weighted by atomic mass is 10.1. The second kappa shape index (κ2) is 7.22. The molecular formula is C18H22N4O. The molecule has 2 N–H and O–H groups in total. The average Bonchev–Trinajstić information content (AvgIpc) is 3.09. The highest BCUT2D eigenvalue weighted by Gasteiger charge is 2.18. The smallest absolute Gasteiger partial charge is 0.270 e. The molecule has 5 nitrogen and oxygen atoms in total. The van der Waals surface area contributed by atoms with Gasteiger partial charge in [0.2, 0.25) is 0 Å². The minimum Gasteiger partial charge on any atom is -0.348 e. The first kappa shape index (κ1) is 15.5. The highest BCUT2D eigenvalue weighted by atomic mass is 16.1. The van der Waals surface area contributed by atoms with Gasteiger partial charge in [-0.1, -0.05) is 31.9 Å². The van der Waals surface area contributed by atoms with Gasteiger partial charge in [0.25, 0.3) is 5.91 Å². The topological polar surface area (TPSA) is 66.9 Å². The summed E-state index contributed by atoms with van der Waals surface area (Å²) < 4.78 is 0. The summed E-state index contributed by atoms with van der Waals surface area (Å²) in [6.45, 7) is 2.13. The van der Waals surface area contributed by atoms with E-state index in [9.17, 15) is 4.79 Å². The Morgan fingerprint density at radius 3 is 2.61 bits per heavy atom. The molecule has 1 aliphatic carbocycles. The number of hydrogen-bond donors (Lipinski definition) is 2. The lowest BCUT2D eigenvalue weighted by Crippen LogP contribution is -2.33. The van der Waals surface area contributed by atoms with Crippen molar-refractivity contribution in [1.29, 1.82) is 0 Å². The van der Waals surface area contributed by atoms with Gasteiger partial charge in [-0.05, 0) is 37.0 Å². The van der Waals surface area contributed by atoms with Crippen LogP contribution in [0.3, 0.4) is 0 Å². The Bertz CT molecular complexity index is 663. The number of nitrogens with zero attached hydrogens (tertiary/aromatic N) is 2. The predicted molar refractivity (Wildman–Crippen MR) is 90.9 cm³/mol. The second-order valence-electron chi connectivity index (χ2n) is 5.92. The van der Waals surface area contributed by atoms with Gasteiger partial charge in [0.15, 0.2) is 0 Å². The van der Waals surface area contributed by atoms with Crippen LogP contribution in [0.25, 0.3) is 0 Å². The first-order valence-electron chi connectivity index (χ1n) is 8.23. The molecule has 0 bridgehead atoms. The molecule has 0 saturated heterocycles. The Labute approximate surface area is 136 Å². The number of aryl methyl sites for hydroxylation is 1. The van der Waals surface area contributed by atoms with E-state index in [1.54, 1.807) is 6.07 Å². The Kier molecular flexibility index (Phi) is 4.86. The van der Waals surface area contributed by atoms with E-state index in [1.165, 1.54) is 24.7 Å². The second-order valence-corrected chi connectivity index (χ2v) is 5.92. The van der Waals surface area contributed by atoms with Crippen LogP contribution in [-0.4, -0.2) is 21.9 Å². The Morgan fingerprint density at radius 1 is 1.17 bits per heavy atom. The molecule has 5 heteroatoms. The van der Waals surface area contributed by atoms with E-state index in [0.717, 1.165) is 24.9 Å². The van der Waals surface area contributed by atoms with Gasteiger partial charge in [0, 0.05) is 17.8 Å². The number of aromatic nitrogens is 2. The summed E-state index contributed by atoms with van der Waals surface area (Å²) in [6, 6.07) is 10.2. The van der Waals surface area contributed by atoms with Crippen molar-refractivity contribution in [2.75, 3.05) is 5.32 Å². The molecule has 2 aromatic rings. The number of anilines is 2. The molecule has 0 spiro atoms. The number of amides is 1. The average molecular weight is 310 g/mol. The van der Waals surface area contributed by atoms with Crippen molar-refractivity contribution in [3.63, 3.8) is 0 Å². The van der Waals surface area contributed by atoms with E-state index in [2.05, 4.69) is 39.7 Å². The van der Waals surface area contributed by atoms with Crippen LogP contribution in [0.4, 0.5) is 11.5 Å². The molecule has 1 heterocycles. The maximum Gasteiger partial charge on any atom is 0.270 e. The maximum atomic E-state index is 12.3. The molecule has 0 atom stereocenters. The van der Waals surface area contributed by atoms with Crippen LogP contribution < -0.4 is 10.6 Å². The first-order valence-corrected chi connectivity index (χ1v) is 8.23. The van der Waals surface area contributed by atoms with Gasteiger partial charge in [-0.15, -0.1) is 0 Å². The largest absolute Gasteiger partial charge is 0.348 e. The van der Waals surface area contributed by atoms with Crippen LogP contribution in [0.1, 0.15) is 48.7 Å². The van der Waals surface area contributed by atoms with Crippen LogP contribution in [0.5, 0.6) is 0 Å². The minimum atomic E-state index is -0.122. The summed E-state index contributed by atoms with van der Waals surface area (Å²) in [6.07, 6.45) is 6.94. The Morgan fingerprint density at radius 2 is 1.91 bits per heavy atom. The van der Waals surface area contributed by atoms with Crippen LogP contribution in [-0.2, 0) is 6.42 Å². The molecule has 0 unspecified atom stereocenters. The zero-order valence-electron chi connectivity index (χ0n) is 13.4. The number of carbonyl (C=O) groups is 1. The van der Waals surface area contributed by atoms with Crippen molar-refractivity contribution in [2.24, 2.45) is 0 Å². The minimum absolute atomic E-state index is 0.122. The quantitative estimate of drug-likeness (QED) is 0.887. The fraction of sp³-hybridized carbons (Fsp3) is 0.389. The van der Waals surface area contributed by atoms with Gasteiger partial charge in [0.1, 0.15) is 17.8 Å². The van der Waals surface area contributed by atoms with Crippen LogP contribution >= 0.6 is 0 Å². The van der Waals surface area contributed by atoms with Gasteiger partial charge in [-0.3, -0.25) is 4.79 Å². The van der Waals surface area contributed by atoms with E-state index in [1.807, 2.05) is 12.1 Å². The van der Waals surface area contributed by atoms with E-state index < -0.39 is 0 Å². The van der Waals surface area contributed by atoms with Crippen LogP contribution in [0.2, 0.25) is 0 Å². The third-order valence-corrected chi connectivity index (χ3v) is 4.22. The molecule has 1 saturated carbocycles. The highest BCUT2D eigenvalue weighted by Crippen LogP contribution is 2.19. The van der Waals surface area contributed by atoms with E-state index in [4.69, 9.17) is 0 Å². The summed E-state index contributed by atoms with van der Waals surface area (Å²) in [4.78, 5) is 20.5. The molecule has 0 radical (unpaired) electrons. The van der Waals surface area contributed by atoms with Gasteiger partial charge >= 0.3 is 0 Å². The molecule has 1 fully saturated rings. The summed E-state index contributed by atoms with van der Waals surface area (Å²) in [7, 11) is 0. The van der Waals surface area contributed by atoms with Crippen molar-refractivity contribution in [3.8, 4) is 0 Å². The van der Waals surface area contributed by atoms with Gasteiger partial charge in [-0.25, -0.2) is 9.97 Å². The molecule has 1 aromatic heterocycles. The van der Waals surface area contributed by atoms with Crippen molar-refractivity contribution in [1.82, 2.24) is 15.3 Å². The van der Waals surface area contributed by atoms with Crippen molar-refractivity contribution < 1.29 is 4.79 Å². The van der Waals surface area contributed by atoms with Crippen molar-refractivity contribution in [3.05, 3.63) is 47.9 Å². The van der Waals surface area contributed by atoms with Crippen molar-refractivity contribution in [2.45, 2.75) is 45.1 Å². The summed E-state index contributed by atoms with van der Waals surface area (Å²) in [5.74, 6) is 0.504. The fourth-order valence-electron chi connectivity index (χ4n) is 2.85. The van der Waals surface area contributed by atoms with E-state index in [0.29, 0.717) is 11.5 Å². The zero-order chi connectivity index (χ0) is 16.1. The van der Waals surface area contributed by atoms with E-state index in [-0.39, 0.29) is 11.9 Å². The molecule has 3 rings (SSSR count). The van der Waals surface area contributed by atoms with Gasteiger partial charge in [-0.2, -0.15) is 0 Å². The predicted octanol–water partition coefficient (Wildman–Crippen LogP) is 3.46. The molecule has 23 heavy (non-hydrogen) atoms. The van der Waals surface area contributed by atoms with E-state index >= 15 is 0 Å². The zero-order valence-corrected chi connectivity index (χ0v) is 13.4. The third kappa shape index (κ3) is 4.06. The van der Waals surface area contributed by atoms with Gasteiger partial charge in [0.05, 0.1) is 0 Å². The number of rotatable bonds is 5. The lowest BCUT2D eigenvalue weighted by molar-refractivity contribution is 0.0932. The lowest BCUT2D eigenvalue weighted by Gasteiger charge is -2.12. The number of benzene rings is 1. The summed E-state index contributed by atoms with van der Waals surface area (Å²) >= 11 is 0. The summed E-state index contributed by atoms with van der Waals surface area (Å²) in [5, 5.41) is 6.26. The molecule has 1 aliphatic rings. The SMILES string of the molecule is CCc1ccc(Nc2cc(C(=O)NC3CCCC3)ncn2)cc1. The highest BCUT2D eigenvalue weighted by molar-refractivity contribution is 5.93.